The molecule has 6 N–H and O–H groups in total. The van der Waals surface area contributed by atoms with Gasteiger partial charge in [-0.15, -0.1) is 0 Å². The SMILES string of the molecule is CCOC(=O)N1CCC[C@H](C(=O)Nc2cccc(F)c2Cl)C1.CCS(=O)(=O)N1CCC[C@H](C(=O)Nc2ccc(C(F)(F)F)c(F)c2)C1.CCS(=O)(=O)N1CCC[C@H](C(=O)Nc2cccc(F)c2Cl)C1.COC(=O)N1CCC[C@H](C(=O)Nc2cccc(F)c2Cl)C1.CS(=O)(=O)N1CCC[C@H](C(=O)Nc2ccc(C(F)(F)F)c(F)c2)C1.CS(=O)(=O)N1CCC[C@H](C(=O)Nc2cccc(F)c2Cl)C1. The molecule has 30 nitrogen and oxygen atoms in total. The summed E-state index contributed by atoms with van der Waals surface area (Å²) >= 11 is 23.2. The van der Waals surface area contributed by atoms with E-state index in [1.54, 1.807) is 13.8 Å². The fourth-order valence-electron chi connectivity index (χ4n) is 14.6. The summed E-state index contributed by atoms with van der Waals surface area (Å²) in [6.45, 7) is 8.60. The van der Waals surface area contributed by atoms with Gasteiger partial charge in [-0.2, -0.15) is 26.3 Å². The Labute approximate surface area is 793 Å². The first kappa shape index (κ1) is 113. The van der Waals surface area contributed by atoms with E-state index in [1.165, 1.54) is 114 Å². The van der Waals surface area contributed by atoms with E-state index in [-0.39, 0.29) is 140 Å². The fourth-order valence-corrected chi connectivity index (χ4v) is 19.5. The second-order valence-electron chi connectivity index (χ2n) is 31.6. The predicted octanol–water partition coefficient (Wildman–Crippen LogP) is 16.0. The number of benzene rings is 6. The van der Waals surface area contributed by atoms with Crippen molar-refractivity contribution >= 4 is 168 Å². The van der Waals surface area contributed by atoms with Gasteiger partial charge in [-0.05, 0) is 183 Å². The van der Waals surface area contributed by atoms with E-state index < -0.39 is 146 Å². The van der Waals surface area contributed by atoms with Crippen molar-refractivity contribution in [2.75, 3.05) is 148 Å². The number of carbonyl (C=O) groups excluding carboxylic acids is 8. The van der Waals surface area contributed by atoms with Crippen molar-refractivity contribution in [3.63, 3.8) is 0 Å². The highest BCUT2D eigenvalue weighted by Gasteiger charge is 2.40. The Balaban J connectivity index is 0.000000221. The van der Waals surface area contributed by atoms with Crippen LogP contribution in [0.15, 0.2) is 109 Å². The zero-order valence-electron chi connectivity index (χ0n) is 73.7. The lowest BCUT2D eigenvalue weighted by Gasteiger charge is -2.31. The van der Waals surface area contributed by atoms with Crippen LogP contribution < -0.4 is 31.9 Å². The van der Waals surface area contributed by atoms with Crippen LogP contribution in [0.2, 0.25) is 20.1 Å². The molecule has 50 heteroatoms. The molecule has 0 aromatic heterocycles. The number of hydrogen-bond acceptors (Lipinski definition) is 18. The van der Waals surface area contributed by atoms with Gasteiger partial charge in [0.2, 0.25) is 75.5 Å². The fraction of sp³-hybridized carbons (Fsp3) is 0.482. The van der Waals surface area contributed by atoms with Crippen LogP contribution in [0, 0.1) is 70.4 Å². The van der Waals surface area contributed by atoms with Crippen LogP contribution in [0.25, 0.3) is 0 Å². The third-order valence-corrected chi connectivity index (χ3v) is 29.7. The van der Waals surface area contributed by atoms with Crippen molar-refractivity contribution in [3.8, 4) is 0 Å². The lowest BCUT2D eigenvalue weighted by Crippen LogP contribution is -2.44. The Hall–Kier alpha value is -9.36. The molecular formula is C85H102Cl4F12N12O18S4. The first-order chi connectivity index (χ1) is 63.2. The number of methoxy groups -OCH3 is 1. The molecule has 6 aromatic carbocycles. The molecule has 135 heavy (non-hydrogen) atoms. The average Bonchev–Trinajstić information content (AvgIpc) is 0.979. The zero-order chi connectivity index (χ0) is 100. The van der Waals surface area contributed by atoms with Crippen LogP contribution in [-0.4, -0.2) is 225 Å². The number of alkyl halides is 6. The van der Waals surface area contributed by atoms with E-state index in [1.807, 2.05) is 0 Å². The molecule has 0 unspecified atom stereocenters. The van der Waals surface area contributed by atoms with E-state index in [0.717, 1.165) is 24.6 Å². The van der Waals surface area contributed by atoms with Crippen LogP contribution >= 0.6 is 46.4 Å². The number of ether oxygens (including phenoxy) is 2. The third kappa shape index (κ3) is 33.8. The van der Waals surface area contributed by atoms with Crippen molar-refractivity contribution in [1.82, 2.24) is 27.0 Å². The summed E-state index contributed by atoms with van der Waals surface area (Å²) in [5.41, 5.74) is -2.19. The molecule has 6 atom stereocenters. The van der Waals surface area contributed by atoms with E-state index in [4.69, 9.17) is 51.1 Å². The first-order valence-corrected chi connectivity index (χ1v) is 50.6. The number of anilines is 6. The molecule has 0 saturated carbocycles. The maximum absolute atomic E-state index is 13.5. The molecule has 6 aromatic rings. The second kappa shape index (κ2) is 50.8. The summed E-state index contributed by atoms with van der Waals surface area (Å²) in [7, 11) is -12.2. The summed E-state index contributed by atoms with van der Waals surface area (Å²) < 4.78 is 264. The van der Waals surface area contributed by atoms with Gasteiger partial charge in [0.15, 0.2) is 0 Å². The van der Waals surface area contributed by atoms with Crippen LogP contribution in [-0.2, 0) is 90.7 Å². The molecular weight excluding hydrogens is 1980 g/mol. The number of nitrogens with one attached hydrogen (secondary N) is 6. The topological polar surface area (TPSA) is 383 Å². The summed E-state index contributed by atoms with van der Waals surface area (Å²) in [4.78, 5) is 99.6. The van der Waals surface area contributed by atoms with Gasteiger partial charge in [0.25, 0.3) is 0 Å². The predicted molar refractivity (Wildman–Crippen MR) is 484 cm³/mol. The van der Waals surface area contributed by atoms with Crippen molar-refractivity contribution < 1.29 is 134 Å². The molecule has 8 amide bonds. The maximum Gasteiger partial charge on any atom is 0.419 e. The average molecular weight is 2080 g/mol. The molecule has 0 spiro atoms. The van der Waals surface area contributed by atoms with Crippen LogP contribution in [0.4, 0.5) is 96.4 Å². The highest BCUT2D eigenvalue weighted by Crippen LogP contribution is 2.37. The number of nitrogens with zero attached hydrogens (tertiary/aromatic N) is 6. The quantitative estimate of drug-likeness (QED) is 0.0410. The minimum absolute atomic E-state index is 0.00508. The number of likely N-dealkylation sites (tertiary alicyclic amines) is 2. The highest BCUT2D eigenvalue weighted by molar-refractivity contribution is 7.89. The smallest absolute Gasteiger partial charge is 0.419 e. The zero-order valence-corrected chi connectivity index (χ0v) is 80.0. The molecule has 6 saturated heterocycles. The minimum Gasteiger partial charge on any atom is -0.453 e. The van der Waals surface area contributed by atoms with Gasteiger partial charge in [0, 0.05) is 89.9 Å². The first-order valence-electron chi connectivity index (χ1n) is 42.2. The Morgan fingerprint density at radius 2 is 0.607 bits per heavy atom. The van der Waals surface area contributed by atoms with Crippen LogP contribution in [0.1, 0.15) is 109 Å². The number of sulfonamides is 4. The van der Waals surface area contributed by atoms with Gasteiger partial charge < -0.3 is 51.2 Å². The summed E-state index contributed by atoms with van der Waals surface area (Å²) in [5.74, 6) is -10.7. The van der Waals surface area contributed by atoms with Gasteiger partial charge in [-0.3, -0.25) is 28.8 Å². The Bertz CT molecular complexity index is 5680. The number of rotatable bonds is 19. The maximum atomic E-state index is 13.5. The molecule has 6 fully saturated rings. The Kier molecular flexibility index (Phi) is 42.4. The third-order valence-electron chi connectivity index (χ3n) is 21.9. The van der Waals surface area contributed by atoms with Crippen LogP contribution in [0.5, 0.6) is 0 Å². The second-order valence-corrected chi connectivity index (χ2v) is 41.6. The molecule has 6 heterocycles. The molecule has 6 aliphatic rings. The van der Waals surface area contributed by atoms with Crippen molar-refractivity contribution in [2.45, 2.75) is 110 Å². The monoisotopic (exact) mass is 2070 g/mol. The molecule has 0 bridgehead atoms. The number of carbonyl (C=O) groups is 8. The highest BCUT2D eigenvalue weighted by atomic mass is 35.5. The number of halogens is 16. The lowest BCUT2D eigenvalue weighted by atomic mass is 9.97. The molecule has 746 valence electrons. The lowest BCUT2D eigenvalue weighted by molar-refractivity contribution is -0.140. The van der Waals surface area contributed by atoms with Gasteiger partial charge in [0.1, 0.15) is 34.9 Å². The Morgan fingerprint density at radius 1 is 0.356 bits per heavy atom. The summed E-state index contributed by atoms with van der Waals surface area (Å²) in [6.07, 6.45) is -1.28. The van der Waals surface area contributed by atoms with Crippen LogP contribution in [0.3, 0.4) is 0 Å². The molecule has 6 aliphatic heterocycles. The molecule has 0 aliphatic carbocycles. The normalized spacial score (nSPS) is 19.3. The Morgan fingerprint density at radius 3 is 0.859 bits per heavy atom. The number of piperidine rings is 6. The van der Waals surface area contributed by atoms with E-state index in [9.17, 15) is 125 Å². The van der Waals surface area contributed by atoms with Gasteiger partial charge in [0.05, 0.1) is 127 Å². The van der Waals surface area contributed by atoms with E-state index in [0.29, 0.717) is 147 Å². The largest absolute Gasteiger partial charge is 0.453 e. The van der Waals surface area contributed by atoms with Crippen molar-refractivity contribution in [1.29, 1.82) is 0 Å². The van der Waals surface area contributed by atoms with Gasteiger partial charge >= 0.3 is 24.5 Å². The number of hydrogen-bond donors (Lipinski definition) is 6. The summed E-state index contributed by atoms with van der Waals surface area (Å²) in [6, 6.07) is 21.0. The van der Waals surface area contributed by atoms with E-state index in [2.05, 4.69) is 36.6 Å². The van der Waals surface area contributed by atoms with E-state index >= 15 is 0 Å². The number of amides is 8. The minimum atomic E-state index is -4.81. The van der Waals surface area contributed by atoms with Crippen molar-refractivity contribution in [2.24, 2.45) is 35.5 Å². The standard InChI is InChI=1S/C15H18ClFN2O3.C15H18F4N2O3S.C14H18ClFN2O3S.C14H16ClFN2O3.C14H16F4N2O3S.C13H16ClFN2O3S/c1-2-22-15(21)19-8-4-5-10(9-19)14(20)18-12-7-3-6-11(17)13(12)16;1-2-25(23,24)21-7-3-4-10(9-21)14(22)20-11-5-6-12(13(16)8-11)15(17,18)19;1-2-22(20,21)18-8-4-5-10(9-18)14(19)17-12-7-3-6-11(16)13(12)15;1-21-14(20)18-7-3-4-9(8-18)13(19)17-11-6-2-5-10(16)12(11)15;1-24(22,23)20-6-2-3-9(8-20)13(21)19-10-4-5-11(12(15)7-10)14(16,17)18;1-21(19,20)17-7-3-4-9(8-17)13(18)16-11-6-2-5-10(15)12(11)14/h3,6-7,10H,2,4-5,8-9H2,1H3,(H,18,20);5-6,8,10H,2-4,7,9H2,1H3,(H,20,22);3,6-7,10H,2,4-5,8-9H2,1H3,(H,17,19);2,5-6,9H,3-4,7-8H2,1H3,(H,17,19);4-5,7,9H,2-3,6,8H2,1H3,(H,19,21);2,5-6,9H,3-4,7-8H2,1H3,(H,16,18)/t3*10-;3*9-/m000000/s1. The van der Waals surface area contributed by atoms with Gasteiger partial charge in [-0.25, -0.2) is 86.8 Å². The van der Waals surface area contributed by atoms with Gasteiger partial charge in [-0.1, -0.05) is 70.7 Å². The summed E-state index contributed by atoms with van der Waals surface area (Å²) in [5, 5.41) is 14.5. The van der Waals surface area contributed by atoms with Crippen molar-refractivity contribution in [3.05, 3.63) is 175 Å². The molecule has 12 rings (SSSR count). The molecule has 0 radical (unpaired) electrons.